The van der Waals surface area contributed by atoms with E-state index in [2.05, 4.69) is 19.9 Å². The van der Waals surface area contributed by atoms with Crippen LogP contribution in [-0.2, 0) is 26.0 Å². The van der Waals surface area contributed by atoms with Gasteiger partial charge in [0.1, 0.15) is 6.04 Å². The largest absolute Gasteiger partial charge is 0.378 e. The zero-order valence-corrected chi connectivity index (χ0v) is 21.4. The fraction of sp³-hybridized carbons (Fsp3) is 0.250. The number of benzene rings is 3. The Kier molecular flexibility index (Phi) is 7.27. The molecule has 1 aromatic heterocycles. The molecule has 5 rings (SSSR count). The molecule has 1 aliphatic rings. The topological polar surface area (TPSA) is 104 Å². The molecule has 0 radical (unpaired) electrons. The predicted molar refractivity (Wildman–Crippen MR) is 145 cm³/mol. The SMILES string of the molecule is Cc1ccc(S(=O)(=O)N[C@@H](Cc2cc3ccccc3[nH]2)C(=O)Nc2ccc(N3CCOCC3)cc2)cc1. The molecule has 9 heteroatoms. The number of nitrogens with zero attached hydrogens (tertiary/aromatic N) is 1. The van der Waals surface area contributed by atoms with Crippen molar-refractivity contribution in [2.75, 3.05) is 36.5 Å². The number of para-hydroxylation sites is 1. The third-order valence-electron chi connectivity index (χ3n) is 6.47. The number of fused-ring (bicyclic) bond motifs is 1. The molecule has 3 N–H and O–H groups in total. The summed E-state index contributed by atoms with van der Waals surface area (Å²) in [5.41, 5.74) is 4.29. The second-order valence-electron chi connectivity index (χ2n) is 9.21. The standard InChI is InChI=1S/C28H30N4O4S/c1-20-6-12-25(13-7-20)37(34,35)31-27(19-23-18-21-4-2-3-5-26(21)29-23)28(33)30-22-8-10-24(11-9-22)32-14-16-36-17-15-32/h2-13,18,27,29,31H,14-17,19H2,1H3,(H,30,33)/t27-/m0/s1. The summed E-state index contributed by atoms with van der Waals surface area (Å²) in [7, 11) is -3.93. The Bertz CT molecular complexity index is 1440. The number of nitrogens with one attached hydrogen (secondary N) is 3. The van der Waals surface area contributed by atoms with E-state index in [0.717, 1.165) is 40.9 Å². The molecule has 1 amide bonds. The molecule has 37 heavy (non-hydrogen) atoms. The number of anilines is 2. The van der Waals surface area contributed by atoms with Gasteiger partial charge in [-0.2, -0.15) is 4.72 Å². The lowest BCUT2D eigenvalue weighted by Crippen LogP contribution is -2.45. The highest BCUT2D eigenvalue weighted by Gasteiger charge is 2.27. The number of aryl methyl sites for hydroxylation is 1. The molecule has 8 nitrogen and oxygen atoms in total. The first-order valence-corrected chi connectivity index (χ1v) is 13.7. The van der Waals surface area contributed by atoms with Crippen molar-refractivity contribution in [2.24, 2.45) is 0 Å². The normalized spacial score (nSPS) is 15.0. The molecule has 0 saturated carbocycles. The molecule has 0 aliphatic carbocycles. The first-order chi connectivity index (χ1) is 17.9. The van der Waals surface area contributed by atoms with E-state index >= 15 is 0 Å². The van der Waals surface area contributed by atoms with Crippen LogP contribution in [0, 0.1) is 6.92 Å². The van der Waals surface area contributed by atoms with Gasteiger partial charge in [-0.1, -0.05) is 35.9 Å². The lowest BCUT2D eigenvalue weighted by atomic mass is 10.1. The van der Waals surface area contributed by atoms with Crippen LogP contribution in [0.4, 0.5) is 11.4 Å². The van der Waals surface area contributed by atoms with Crippen molar-refractivity contribution < 1.29 is 17.9 Å². The molecule has 1 fully saturated rings. The Labute approximate surface area is 216 Å². The van der Waals surface area contributed by atoms with Crippen LogP contribution in [-0.4, -0.2) is 51.7 Å². The summed E-state index contributed by atoms with van der Waals surface area (Å²) in [5, 5.41) is 3.88. The van der Waals surface area contributed by atoms with Gasteiger partial charge >= 0.3 is 0 Å². The second-order valence-corrected chi connectivity index (χ2v) is 10.9. The van der Waals surface area contributed by atoms with Crippen LogP contribution >= 0.6 is 0 Å². The highest BCUT2D eigenvalue weighted by atomic mass is 32.2. The lowest BCUT2D eigenvalue weighted by molar-refractivity contribution is -0.117. The summed E-state index contributed by atoms with van der Waals surface area (Å²) in [5.74, 6) is -0.437. The Balaban J connectivity index is 1.37. The van der Waals surface area contributed by atoms with Gasteiger partial charge in [0.05, 0.1) is 18.1 Å². The van der Waals surface area contributed by atoms with Gasteiger partial charge in [0.15, 0.2) is 0 Å². The maximum atomic E-state index is 13.4. The number of ether oxygens (including phenoxy) is 1. The summed E-state index contributed by atoms with van der Waals surface area (Å²) < 4.78 is 34.4. The molecule has 2 heterocycles. The number of rotatable bonds is 8. The number of aromatic nitrogens is 1. The van der Waals surface area contributed by atoms with Gasteiger partial charge in [-0.05, 0) is 60.8 Å². The smallest absolute Gasteiger partial charge is 0.242 e. The maximum Gasteiger partial charge on any atom is 0.242 e. The molecule has 0 unspecified atom stereocenters. The third-order valence-corrected chi connectivity index (χ3v) is 7.95. The van der Waals surface area contributed by atoms with E-state index in [1.54, 1.807) is 24.3 Å². The number of hydrogen-bond acceptors (Lipinski definition) is 5. The molecule has 0 bridgehead atoms. The van der Waals surface area contributed by atoms with Crippen molar-refractivity contribution in [3.05, 3.63) is 90.1 Å². The van der Waals surface area contributed by atoms with Crippen LogP contribution < -0.4 is 14.9 Å². The van der Waals surface area contributed by atoms with Gasteiger partial charge in [0, 0.05) is 42.1 Å². The third kappa shape index (κ3) is 6.02. The van der Waals surface area contributed by atoms with Crippen molar-refractivity contribution in [1.29, 1.82) is 0 Å². The highest BCUT2D eigenvalue weighted by molar-refractivity contribution is 7.89. The Morgan fingerprint density at radius 1 is 1.00 bits per heavy atom. The van der Waals surface area contributed by atoms with Gasteiger partial charge in [-0.3, -0.25) is 4.79 Å². The molecule has 192 valence electrons. The minimum Gasteiger partial charge on any atom is -0.378 e. The van der Waals surface area contributed by atoms with Crippen LogP contribution in [0.1, 0.15) is 11.3 Å². The summed E-state index contributed by atoms with van der Waals surface area (Å²) >= 11 is 0. The summed E-state index contributed by atoms with van der Waals surface area (Å²) in [6.07, 6.45) is 0.164. The van der Waals surface area contributed by atoms with E-state index in [1.807, 2.05) is 61.5 Å². The first kappa shape index (κ1) is 25.0. The Morgan fingerprint density at radius 3 is 2.41 bits per heavy atom. The number of carbonyl (C=O) groups is 1. The number of sulfonamides is 1. The molecule has 4 aromatic rings. The molecule has 1 aliphatic heterocycles. The van der Waals surface area contributed by atoms with Gasteiger partial charge in [-0.25, -0.2) is 8.42 Å². The number of H-pyrrole nitrogens is 1. The van der Waals surface area contributed by atoms with Gasteiger partial charge in [-0.15, -0.1) is 0 Å². The van der Waals surface area contributed by atoms with E-state index in [1.165, 1.54) is 0 Å². The minimum atomic E-state index is -3.93. The van der Waals surface area contributed by atoms with Gasteiger partial charge in [0.25, 0.3) is 0 Å². The van der Waals surface area contributed by atoms with Gasteiger partial charge < -0.3 is 19.9 Å². The number of aromatic amines is 1. The molecule has 1 atom stereocenters. The van der Waals surface area contributed by atoms with Crippen molar-refractivity contribution in [2.45, 2.75) is 24.3 Å². The Morgan fingerprint density at radius 2 is 1.70 bits per heavy atom. The minimum absolute atomic E-state index is 0.113. The molecule has 3 aromatic carbocycles. The second kappa shape index (κ2) is 10.8. The maximum absolute atomic E-state index is 13.4. The van der Waals surface area contributed by atoms with Crippen LogP contribution in [0.2, 0.25) is 0 Å². The number of morpholine rings is 1. The van der Waals surface area contributed by atoms with Crippen molar-refractivity contribution >= 4 is 38.2 Å². The van der Waals surface area contributed by atoms with E-state index in [4.69, 9.17) is 4.74 Å². The number of carbonyl (C=O) groups excluding carboxylic acids is 1. The lowest BCUT2D eigenvalue weighted by Gasteiger charge is -2.29. The van der Waals surface area contributed by atoms with E-state index in [-0.39, 0.29) is 11.3 Å². The summed E-state index contributed by atoms with van der Waals surface area (Å²) in [4.78, 5) is 19.0. The van der Waals surface area contributed by atoms with E-state index < -0.39 is 22.0 Å². The molecular weight excluding hydrogens is 488 g/mol. The summed E-state index contributed by atoms with van der Waals surface area (Å²) in [6, 6.07) is 22.8. The van der Waals surface area contributed by atoms with Crippen molar-refractivity contribution in [3.8, 4) is 0 Å². The van der Waals surface area contributed by atoms with E-state index in [9.17, 15) is 13.2 Å². The predicted octanol–water partition coefficient (Wildman–Crippen LogP) is 3.84. The zero-order valence-electron chi connectivity index (χ0n) is 20.6. The first-order valence-electron chi connectivity index (χ1n) is 12.3. The average molecular weight is 519 g/mol. The molecule has 0 spiro atoms. The number of amides is 1. The van der Waals surface area contributed by atoms with Gasteiger partial charge in [0.2, 0.25) is 15.9 Å². The van der Waals surface area contributed by atoms with E-state index in [0.29, 0.717) is 18.9 Å². The quantitative estimate of drug-likeness (QED) is 0.329. The van der Waals surface area contributed by atoms with Crippen molar-refractivity contribution in [3.63, 3.8) is 0 Å². The average Bonchev–Trinajstić information content (AvgIpc) is 3.32. The fourth-order valence-electron chi connectivity index (χ4n) is 4.43. The zero-order chi connectivity index (χ0) is 25.8. The molecule has 1 saturated heterocycles. The van der Waals surface area contributed by atoms with Crippen LogP contribution in [0.3, 0.4) is 0 Å². The fourth-order valence-corrected chi connectivity index (χ4v) is 5.63. The van der Waals surface area contributed by atoms with Crippen molar-refractivity contribution in [1.82, 2.24) is 9.71 Å². The summed E-state index contributed by atoms with van der Waals surface area (Å²) in [6.45, 7) is 4.91. The monoisotopic (exact) mass is 518 g/mol. The van der Waals surface area contributed by atoms with Crippen LogP contribution in [0.25, 0.3) is 10.9 Å². The Hall–Kier alpha value is -3.66. The molecular formula is C28H30N4O4S. The number of hydrogen-bond donors (Lipinski definition) is 3. The van der Waals surface area contributed by atoms with Crippen LogP contribution in [0.15, 0.2) is 83.8 Å². The highest BCUT2D eigenvalue weighted by Crippen LogP contribution is 2.21. The van der Waals surface area contributed by atoms with Crippen LogP contribution in [0.5, 0.6) is 0 Å².